The first kappa shape index (κ1) is 17.6. The van der Waals surface area contributed by atoms with E-state index in [4.69, 9.17) is 19.3 Å². The van der Waals surface area contributed by atoms with Gasteiger partial charge in [0, 0.05) is 12.2 Å². The molecule has 7 heteroatoms. The number of nitrogens with zero attached hydrogens (tertiary/aromatic N) is 1. The maximum absolute atomic E-state index is 12.4. The van der Waals surface area contributed by atoms with Gasteiger partial charge in [0.15, 0.2) is 11.5 Å². The number of fused-ring (bicyclic) bond motifs is 1. The van der Waals surface area contributed by atoms with E-state index < -0.39 is 18.3 Å². The number of anilines is 1. The van der Waals surface area contributed by atoms with E-state index in [0.717, 1.165) is 5.56 Å². The van der Waals surface area contributed by atoms with Gasteiger partial charge >= 0.3 is 5.97 Å². The summed E-state index contributed by atoms with van der Waals surface area (Å²) in [5, 5.41) is 8.95. The predicted octanol–water partition coefficient (Wildman–Crippen LogP) is 2.47. The fourth-order valence-corrected chi connectivity index (χ4v) is 2.72. The van der Waals surface area contributed by atoms with Crippen molar-refractivity contribution in [1.82, 2.24) is 0 Å². The molecule has 7 nitrogen and oxygen atoms in total. The van der Waals surface area contributed by atoms with Crippen LogP contribution in [-0.4, -0.2) is 37.4 Å². The van der Waals surface area contributed by atoms with E-state index >= 15 is 0 Å². The van der Waals surface area contributed by atoms with Crippen molar-refractivity contribution >= 4 is 17.6 Å². The number of carbonyl (C=O) groups excluding carboxylic acids is 1. The van der Waals surface area contributed by atoms with E-state index in [-0.39, 0.29) is 6.79 Å². The number of carboxylic acid groups (broad SMARTS) is 1. The molecule has 0 aromatic heterocycles. The lowest BCUT2D eigenvalue weighted by atomic mass is 10.1. The van der Waals surface area contributed by atoms with Crippen molar-refractivity contribution in [2.24, 2.45) is 0 Å². The van der Waals surface area contributed by atoms with Crippen molar-refractivity contribution in [3.05, 3.63) is 48.0 Å². The number of carbonyl (C=O) groups is 2. The van der Waals surface area contributed by atoms with Crippen molar-refractivity contribution in [2.75, 3.05) is 25.3 Å². The molecule has 1 heterocycles. The van der Waals surface area contributed by atoms with Gasteiger partial charge in [-0.05, 0) is 48.4 Å². The zero-order chi connectivity index (χ0) is 18.5. The molecule has 3 rings (SSSR count). The second-order valence-electron chi connectivity index (χ2n) is 5.75. The van der Waals surface area contributed by atoms with E-state index in [1.165, 1.54) is 4.90 Å². The minimum absolute atomic E-state index is 0.202. The highest BCUT2D eigenvalue weighted by atomic mass is 16.7. The molecule has 1 amide bonds. The van der Waals surface area contributed by atoms with E-state index in [1.807, 2.05) is 18.2 Å². The summed E-state index contributed by atoms with van der Waals surface area (Å²) in [4.78, 5) is 24.8. The molecule has 2 aromatic rings. The van der Waals surface area contributed by atoms with Crippen LogP contribution in [0.15, 0.2) is 42.5 Å². The second-order valence-corrected chi connectivity index (χ2v) is 5.75. The number of carboxylic acids is 1. The van der Waals surface area contributed by atoms with Crippen molar-refractivity contribution in [1.29, 1.82) is 0 Å². The first-order valence-corrected chi connectivity index (χ1v) is 8.11. The number of amides is 1. The first-order chi connectivity index (χ1) is 12.6. The molecule has 0 atom stereocenters. The summed E-state index contributed by atoms with van der Waals surface area (Å²) in [7, 11) is 1.56. The Hall–Kier alpha value is -3.22. The molecular formula is C19H19NO6. The van der Waals surface area contributed by atoms with Crippen LogP contribution in [0, 0.1) is 0 Å². The molecule has 2 aromatic carbocycles. The summed E-state index contributed by atoms with van der Waals surface area (Å²) in [6, 6.07) is 12.5. The summed E-state index contributed by atoms with van der Waals surface area (Å²) < 4.78 is 15.8. The number of hydrogen-bond donors (Lipinski definition) is 1. The lowest BCUT2D eigenvalue weighted by molar-refractivity contribution is -0.140. The molecule has 136 valence electrons. The molecule has 26 heavy (non-hydrogen) atoms. The minimum atomic E-state index is -1.16. The largest absolute Gasteiger partial charge is 0.497 e. The maximum atomic E-state index is 12.4. The summed E-state index contributed by atoms with van der Waals surface area (Å²) in [5.74, 6) is 0.410. The average molecular weight is 357 g/mol. The number of methoxy groups -OCH3 is 1. The van der Waals surface area contributed by atoms with Crippen LogP contribution in [0.1, 0.15) is 12.0 Å². The van der Waals surface area contributed by atoms with Crippen molar-refractivity contribution in [3.63, 3.8) is 0 Å². The van der Waals surface area contributed by atoms with Crippen LogP contribution in [0.5, 0.6) is 17.2 Å². The highest BCUT2D eigenvalue weighted by Crippen LogP contribution is 2.32. The Balaban J connectivity index is 1.76. The van der Waals surface area contributed by atoms with E-state index in [1.54, 1.807) is 31.4 Å². The highest BCUT2D eigenvalue weighted by Gasteiger charge is 2.19. The topological polar surface area (TPSA) is 85.3 Å². The molecule has 1 N–H and O–H groups in total. The van der Waals surface area contributed by atoms with Crippen molar-refractivity contribution < 1.29 is 28.9 Å². The third-order valence-corrected chi connectivity index (χ3v) is 4.05. The molecule has 1 aliphatic rings. The summed E-state index contributed by atoms with van der Waals surface area (Å²) in [6.45, 7) is 0.548. The van der Waals surface area contributed by atoms with Gasteiger partial charge in [0.2, 0.25) is 12.7 Å². The van der Waals surface area contributed by atoms with Gasteiger partial charge < -0.3 is 24.2 Å². The monoisotopic (exact) mass is 357 g/mol. The van der Waals surface area contributed by atoms with Crippen LogP contribution in [0.3, 0.4) is 0 Å². The maximum Gasteiger partial charge on any atom is 0.312 e. The van der Waals surface area contributed by atoms with Gasteiger partial charge in [0.25, 0.3) is 0 Å². The number of ether oxygens (including phenoxy) is 3. The fraction of sp³-hybridized carbons (Fsp3) is 0.263. The van der Waals surface area contributed by atoms with Gasteiger partial charge in [-0.2, -0.15) is 0 Å². The van der Waals surface area contributed by atoms with Crippen LogP contribution in [-0.2, 0) is 16.0 Å². The third kappa shape index (κ3) is 4.05. The van der Waals surface area contributed by atoms with Gasteiger partial charge in [-0.1, -0.05) is 6.07 Å². The Morgan fingerprint density at radius 2 is 1.85 bits per heavy atom. The lowest BCUT2D eigenvalue weighted by Gasteiger charge is -2.22. The first-order valence-electron chi connectivity index (χ1n) is 8.11. The highest BCUT2D eigenvalue weighted by molar-refractivity contribution is 6.03. The van der Waals surface area contributed by atoms with Crippen LogP contribution >= 0.6 is 0 Å². The zero-order valence-electron chi connectivity index (χ0n) is 14.3. The van der Waals surface area contributed by atoms with Crippen LogP contribution in [0.2, 0.25) is 0 Å². The summed E-state index contributed by atoms with van der Waals surface area (Å²) >= 11 is 0. The Bertz CT molecular complexity index is 802. The quantitative estimate of drug-likeness (QED) is 0.766. The number of hydrogen-bond acceptors (Lipinski definition) is 5. The predicted molar refractivity (Wildman–Crippen MR) is 93.9 cm³/mol. The van der Waals surface area contributed by atoms with Gasteiger partial charge in [-0.15, -0.1) is 0 Å². The average Bonchev–Trinajstić information content (AvgIpc) is 3.09. The van der Waals surface area contributed by atoms with Gasteiger partial charge in [-0.25, -0.2) is 0 Å². The van der Waals surface area contributed by atoms with Crippen LogP contribution in [0.4, 0.5) is 5.69 Å². The molecule has 0 spiro atoms. The molecule has 0 bridgehead atoms. The Morgan fingerprint density at radius 1 is 1.12 bits per heavy atom. The molecular weight excluding hydrogens is 338 g/mol. The lowest BCUT2D eigenvalue weighted by Crippen LogP contribution is -2.34. The van der Waals surface area contributed by atoms with E-state index in [2.05, 4.69) is 0 Å². The Labute approximate surface area is 150 Å². The second kappa shape index (κ2) is 7.77. The van der Waals surface area contributed by atoms with Gasteiger partial charge in [0.05, 0.1) is 7.11 Å². The van der Waals surface area contributed by atoms with Crippen LogP contribution < -0.4 is 19.1 Å². The fourth-order valence-electron chi connectivity index (χ4n) is 2.72. The van der Waals surface area contributed by atoms with Crippen molar-refractivity contribution in [2.45, 2.75) is 12.8 Å². The van der Waals surface area contributed by atoms with Gasteiger partial charge in [0.1, 0.15) is 12.2 Å². The van der Waals surface area contributed by atoms with E-state index in [0.29, 0.717) is 35.9 Å². The van der Waals surface area contributed by atoms with Crippen molar-refractivity contribution in [3.8, 4) is 17.2 Å². The number of aliphatic carboxylic acids is 1. The van der Waals surface area contributed by atoms with Gasteiger partial charge in [-0.3, -0.25) is 9.59 Å². The SMILES string of the molecule is COc1ccc(N(CCc2ccc3c(c2)OCO3)C(=O)CC(=O)O)cc1. The van der Waals surface area contributed by atoms with E-state index in [9.17, 15) is 9.59 Å². The molecule has 1 aliphatic heterocycles. The Morgan fingerprint density at radius 3 is 2.54 bits per heavy atom. The number of rotatable bonds is 7. The molecule has 0 saturated heterocycles. The molecule has 0 aliphatic carbocycles. The molecule has 0 fully saturated rings. The normalized spacial score (nSPS) is 11.9. The summed E-state index contributed by atoms with van der Waals surface area (Å²) in [5.41, 5.74) is 1.59. The zero-order valence-corrected chi connectivity index (χ0v) is 14.3. The smallest absolute Gasteiger partial charge is 0.312 e. The third-order valence-electron chi connectivity index (χ3n) is 4.05. The minimum Gasteiger partial charge on any atom is -0.497 e. The molecule has 0 unspecified atom stereocenters. The Kier molecular flexibility index (Phi) is 5.26. The summed E-state index contributed by atoms with van der Waals surface area (Å²) in [6.07, 6.45) is -0.0127. The number of benzene rings is 2. The van der Waals surface area contributed by atoms with Crippen LogP contribution in [0.25, 0.3) is 0 Å². The molecule has 0 radical (unpaired) electrons. The molecule has 0 saturated carbocycles. The standard InChI is InChI=1S/C19H19NO6/c1-24-15-5-3-14(4-6-15)20(18(21)11-19(22)23)9-8-13-2-7-16-17(10-13)26-12-25-16/h2-7,10H,8-9,11-12H2,1H3,(H,22,23).